The smallest absolute Gasteiger partial charge is 0.269 e. The van der Waals surface area contributed by atoms with Crippen LogP contribution in [0.2, 0.25) is 0 Å². The fourth-order valence-electron chi connectivity index (χ4n) is 1.01. The molecular weight excluding hydrogens is 164 g/mol. The quantitative estimate of drug-likeness (QED) is 0.693. The van der Waals surface area contributed by atoms with Gasteiger partial charge in [0.15, 0.2) is 12.4 Å². The zero-order valence-electron chi connectivity index (χ0n) is 7.86. The first-order chi connectivity index (χ1) is 6.33. The van der Waals surface area contributed by atoms with Crippen LogP contribution in [0.25, 0.3) is 0 Å². The zero-order valence-corrected chi connectivity index (χ0v) is 7.86. The molecule has 0 saturated carbocycles. The Hall–Kier alpha value is -1.38. The Morgan fingerprint density at radius 1 is 1.31 bits per heavy atom. The Bertz CT molecular complexity index is 259. The van der Waals surface area contributed by atoms with Crippen LogP contribution in [0.1, 0.15) is 26.2 Å². The Morgan fingerprint density at radius 2 is 2.00 bits per heavy atom. The predicted octanol–water partition coefficient (Wildman–Crippen LogP) is 1.23. The molecule has 1 N–H and O–H groups in total. The largest absolute Gasteiger partial charge is 0.274 e. The van der Waals surface area contributed by atoms with Gasteiger partial charge < -0.3 is 0 Å². The summed E-state index contributed by atoms with van der Waals surface area (Å²) in [5, 5.41) is 0. The van der Waals surface area contributed by atoms with E-state index < -0.39 is 0 Å². The first-order valence-electron chi connectivity index (χ1n) is 4.59. The van der Waals surface area contributed by atoms with Crippen molar-refractivity contribution in [3.05, 3.63) is 30.6 Å². The molecule has 0 unspecified atom stereocenters. The van der Waals surface area contributed by atoms with Crippen LogP contribution in [0.4, 0.5) is 0 Å². The van der Waals surface area contributed by atoms with Crippen molar-refractivity contribution in [1.82, 2.24) is 0 Å². The number of carbonyl (C=O) groups is 1. The molecule has 1 amide bonds. The van der Waals surface area contributed by atoms with E-state index >= 15 is 0 Å². The maximum atomic E-state index is 11.2. The number of rotatable bonds is 4. The van der Waals surface area contributed by atoms with Gasteiger partial charge in [-0.1, -0.05) is 24.1 Å². The van der Waals surface area contributed by atoms with Gasteiger partial charge in [0.2, 0.25) is 0 Å². The lowest BCUT2D eigenvalue weighted by Gasteiger charge is -1.97. The second kappa shape index (κ2) is 5.30. The standard InChI is InChI=1S/C10H14N2O/c1-2-3-7-10(13)11-12-8-5-4-6-9-12/h4-6,8-9H,2-3,7H2,1H3/p+1. The van der Waals surface area contributed by atoms with E-state index in [0.717, 1.165) is 12.8 Å². The van der Waals surface area contributed by atoms with Crippen LogP contribution in [0.15, 0.2) is 30.6 Å². The summed E-state index contributed by atoms with van der Waals surface area (Å²) < 4.78 is 1.66. The van der Waals surface area contributed by atoms with E-state index in [1.807, 2.05) is 30.6 Å². The van der Waals surface area contributed by atoms with Crippen LogP contribution >= 0.6 is 0 Å². The highest BCUT2D eigenvalue weighted by Gasteiger charge is 2.04. The third-order valence-corrected chi connectivity index (χ3v) is 1.73. The monoisotopic (exact) mass is 179 g/mol. The average molecular weight is 179 g/mol. The zero-order chi connectivity index (χ0) is 9.52. The number of unbranched alkanes of at least 4 members (excludes halogenated alkanes) is 1. The van der Waals surface area contributed by atoms with Crippen molar-refractivity contribution in [3.8, 4) is 0 Å². The molecule has 3 heteroatoms. The molecule has 1 aromatic rings. The number of amides is 1. The second-order valence-electron chi connectivity index (χ2n) is 2.92. The number of carbonyl (C=O) groups excluding carboxylic acids is 1. The second-order valence-corrected chi connectivity index (χ2v) is 2.92. The topological polar surface area (TPSA) is 33.0 Å². The fourth-order valence-corrected chi connectivity index (χ4v) is 1.01. The first-order valence-corrected chi connectivity index (χ1v) is 4.59. The molecule has 13 heavy (non-hydrogen) atoms. The highest BCUT2D eigenvalue weighted by Crippen LogP contribution is 1.92. The molecule has 0 spiro atoms. The lowest BCUT2D eigenvalue weighted by molar-refractivity contribution is -0.642. The van der Waals surface area contributed by atoms with Crippen LogP contribution in [-0.4, -0.2) is 5.91 Å². The van der Waals surface area contributed by atoms with Crippen LogP contribution in [-0.2, 0) is 4.79 Å². The lowest BCUT2D eigenvalue weighted by atomic mass is 10.2. The third-order valence-electron chi connectivity index (χ3n) is 1.73. The molecule has 0 aromatic carbocycles. The van der Waals surface area contributed by atoms with E-state index in [9.17, 15) is 4.79 Å². The van der Waals surface area contributed by atoms with Crippen LogP contribution in [0, 0.1) is 0 Å². The lowest BCUT2D eigenvalue weighted by Crippen LogP contribution is -2.47. The minimum Gasteiger partial charge on any atom is -0.269 e. The van der Waals surface area contributed by atoms with Crippen molar-refractivity contribution < 1.29 is 9.47 Å². The van der Waals surface area contributed by atoms with E-state index in [4.69, 9.17) is 0 Å². The Kier molecular flexibility index (Phi) is 3.96. The Morgan fingerprint density at radius 3 is 2.62 bits per heavy atom. The summed E-state index contributed by atoms with van der Waals surface area (Å²) in [5.74, 6) is 0.0676. The molecule has 0 radical (unpaired) electrons. The van der Waals surface area contributed by atoms with Gasteiger partial charge in [-0.25, -0.2) is 0 Å². The highest BCUT2D eigenvalue weighted by atomic mass is 16.2. The van der Waals surface area contributed by atoms with Gasteiger partial charge in [-0.2, -0.15) is 0 Å². The van der Waals surface area contributed by atoms with Gasteiger partial charge in [-0.15, -0.1) is 5.43 Å². The first kappa shape index (κ1) is 9.71. The molecule has 0 bridgehead atoms. The van der Waals surface area contributed by atoms with Crippen molar-refractivity contribution in [2.24, 2.45) is 0 Å². The molecule has 3 nitrogen and oxygen atoms in total. The maximum Gasteiger partial charge on any atom is 0.274 e. The molecule has 0 aliphatic rings. The minimum absolute atomic E-state index is 0.0676. The van der Waals surface area contributed by atoms with Gasteiger partial charge in [0, 0.05) is 18.6 Å². The molecule has 0 aliphatic carbocycles. The summed E-state index contributed by atoms with van der Waals surface area (Å²) in [6, 6.07) is 5.66. The number of hydrogen-bond acceptors (Lipinski definition) is 1. The van der Waals surface area contributed by atoms with E-state index in [-0.39, 0.29) is 5.91 Å². The molecule has 1 aromatic heterocycles. The van der Waals surface area contributed by atoms with Crippen molar-refractivity contribution in [3.63, 3.8) is 0 Å². The SMILES string of the molecule is CCCCC(=O)N[n+]1ccccc1. The molecule has 0 atom stereocenters. The Labute approximate surface area is 78.4 Å². The summed E-state index contributed by atoms with van der Waals surface area (Å²) >= 11 is 0. The molecule has 1 heterocycles. The maximum absolute atomic E-state index is 11.2. The van der Waals surface area contributed by atoms with Gasteiger partial charge in [0.25, 0.3) is 5.91 Å². The third kappa shape index (κ3) is 3.69. The van der Waals surface area contributed by atoms with Crippen LogP contribution in [0.3, 0.4) is 0 Å². The van der Waals surface area contributed by atoms with Gasteiger partial charge in [0.05, 0.1) is 0 Å². The van der Waals surface area contributed by atoms with Gasteiger partial charge in [0.1, 0.15) is 0 Å². The van der Waals surface area contributed by atoms with Crippen molar-refractivity contribution in [2.45, 2.75) is 26.2 Å². The summed E-state index contributed by atoms with van der Waals surface area (Å²) in [7, 11) is 0. The minimum atomic E-state index is 0.0676. The van der Waals surface area contributed by atoms with E-state index in [1.165, 1.54) is 0 Å². The highest BCUT2D eigenvalue weighted by molar-refractivity contribution is 5.81. The van der Waals surface area contributed by atoms with E-state index in [2.05, 4.69) is 12.3 Å². The van der Waals surface area contributed by atoms with Crippen molar-refractivity contribution >= 4 is 5.91 Å². The summed E-state index contributed by atoms with van der Waals surface area (Å²) in [6.45, 7) is 2.07. The normalized spacial score (nSPS) is 9.62. The number of nitrogens with zero attached hydrogens (tertiary/aromatic N) is 1. The number of hydrogen-bond donors (Lipinski definition) is 1. The molecule has 70 valence electrons. The summed E-state index contributed by atoms with van der Waals surface area (Å²) in [6.07, 6.45) is 6.21. The fraction of sp³-hybridized carbons (Fsp3) is 0.400. The van der Waals surface area contributed by atoms with Crippen molar-refractivity contribution in [2.75, 3.05) is 5.43 Å². The Balaban J connectivity index is 2.37. The molecule has 0 saturated heterocycles. The van der Waals surface area contributed by atoms with Gasteiger partial charge in [-0.3, -0.25) is 4.79 Å². The van der Waals surface area contributed by atoms with Gasteiger partial charge in [-0.05, 0) is 6.42 Å². The number of aromatic nitrogens is 1. The van der Waals surface area contributed by atoms with Gasteiger partial charge >= 0.3 is 0 Å². The molecule has 1 rings (SSSR count). The summed E-state index contributed by atoms with van der Waals surface area (Å²) in [5.41, 5.74) is 2.75. The number of nitrogens with one attached hydrogen (secondary N) is 1. The van der Waals surface area contributed by atoms with Crippen LogP contribution < -0.4 is 10.1 Å². The van der Waals surface area contributed by atoms with E-state index in [1.54, 1.807) is 4.68 Å². The molecule has 0 fully saturated rings. The summed E-state index contributed by atoms with van der Waals surface area (Å²) in [4.78, 5) is 11.2. The number of pyridine rings is 1. The predicted molar refractivity (Wildman–Crippen MR) is 50.5 cm³/mol. The average Bonchev–Trinajstić information content (AvgIpc) is 2.16. The molecular formula is C10H15N2O+. The van der Waals surface area contributed by atoms with Crippen LogP contribution in [0.5, 0.6) is 0 Å². The van der Waals surface area contributed by atoms with E-state index in [0.29, 0.717) is 6.42 Å². The molecule has 0 aliphatic heterocycles. The van der Waals surface area contributed by atoms with Crippen molar-refractivity contribution in [1.29, 1.82) is 0 Å².